The largest absolute Gasteiger partial charge is 0.496 e. The number of anilines is 1. The Morgan fingerprint density at radius 2 is 1.39 bits per heavy atom. The molecule has 3 aromatic carbocycles. The molecule has 41 heavy (non-hydrogen) atoms. The number of amides is 2. The van der Waals surface area contributed by atoms with Gasteiger partial charge in [0.05, 0.1) is 50.3 Å². The number of ether oxygens (including phenoxy) is 3. The van der Waals surface area contributed by atoms with Gasteiger partial charge in [0, 0.05) is 44.4 Å². The van der Waals surface area contributed by atoms with Crippen LogP contribution in [0, 0.1) is 0 Å². The Morgan fingerprint density at radius 1 is 0.756 bits per heavy atom. The van der Waals surface area contributed by atoms with Gasteiger partial charge < -0.3 is 19.1 Å². The molecule has 2 amide bonds. The van der Waals surface area contributed by atoms with Crippen molar-refractivity contribution >= 4 is 17.5 Å². The molecule has 2 heterocycles. The second-order valence-electron chi connectivity index (χ2n) is 9.87. The molecule has 216 valence electrons. The number of hydrogen-bond acceptors (Lipinski definition) is 7. The number of alkyl halides is 3. The van der Waals surface area contributed by atoms with Crippen molar-refractivity contribution in [2.24, 2.45) is 0 Å². The Labute approximate surface area is 235 Å². The number of carbonyl (C=O) groups excluding carboxylic acids is 2. The SMILES string of the molecule is COc1cc(OC)c(OC)cc1CN1CCN(c2cccc3c2C(=O)N(Cc2ccc(C(F)(F)F)cc2)C3=O)CC1. The molecule has 0 unspecified atom stereocenters. The first-order chi connectivity index (χ1) is 19.6. The van der Waals surface area contributed by atoms with E-state index in [0.29, 0.717) is 72.4 Å². The first-order valence-electron chi connectivity index (χ1n) is 13.1. The van der Waals surface area contributed by atoms with Gasteiger partial charge in [0.1, 0.15) is 5.75 Å². The summed E-state index contributed by atoms with van der Waals surface area (Å²) in [6, 6.07) is 13.4. The monoisotopic (exact) mass is 569 g/mol. The van der Waals surface area contributed by atoms with Gasteiger partial charge in [-0.05, 0) is 35.9 Å². The van der Waals surface area contributed by atoms with Crippen LogP contribution in [0.5, 0.6) is 17.2 Å². The van der Waals surface area contributed by atoms with Crippen LogP contribution >= 0.6 is 0 Å². The Hall–Kier alpha value is -4.25. The van der Waals surface area contributed by atoms with Crippen LogP contribution in [0.2, 0.25) is 0 Å². The molecular formula is C30H30F3N3O5. The number of fused-ring (bicyclic) bond motifs is 1. The third kappa shape index (κ3) is 5.54. The Bertz CT molecular complexity index is 1450. The Morgan fingerprint density at radius 3 is 2.00 bits per heavy atom. The number of halogens is 3. The highest BCUT2D eigenvalue weighted by molar-refractivity contribution is 6.23. The topological polar surface area (TPSA) is 71.6 Å². The third-order valence-electron chi connectivity index (χ3n) is 7.49. The molecule has 0 saturated carbocycles. The van der Waals surface area contributed by atoms with Gasteiger partial charge in [0.15, 0.2) is 11.5 Å². The maximum Gasteiger partial charge on any atom is 0.416 e. The van der Waals surface area contributed by atoms with E-state index < -0.39 is 23.6 Å². The number of nitrogens with zero attached hydrogens (tertiary/aromatic N) is 3. The van der Waals surface area contributed by atoms with E-state index >= 15 is 0 Å². The number of hydrogen-bond donors (Lipinski definition) is 0. The lowest BCUT2D eigenvalue weighted by atomic mass is 10.1. The summed E-state index contributed by atoms with van der Waals surface area (Å²) in [6.07, 6.45) is -4.46. The van der Waals surface area contributed by atoms with E-state index in [9.17, 15) is 22.8 Å². The van der Waals surface area contributed by atoms with Crippen LogP contribution in [0.3, 0.4) is 0 Å². The average Bonchev–Trinajstić information content (AvgIpc) is 3.22. The second-order valence-corrected chi connectivity index (χ2v) is 9.87. The van der Waals surface area contributed by atoms with Crippen molar-refractivity contribution in [2.45, 2.75) is 19.3 Å². The lowest BCUT2D eigenvalue weighted by Gasteiger charge is -2.37. The van der Waals surface area contributed by atoms with Crippen molar-refractivity contribution in [3.05, 3.63) is 82.4 Å². The molecule has 0 spiro atoms. The smallest absolute Gasteiger partial charge is 0.416 e. The van der Waals surface area contributed by atoms with Gasteiger partial charge in [-0.2, -0.15) is 13.2 Å². The molecule has 2 aliphatic rings. The molecule has 0 bridgehead atoms. The zero-order valence-electron chi connectivity index (χ0n) is 23.0. The summed E-state index contributed by atoms with van der Waals surface area (Å²) >= 11 is 0. The van der Waals surface area contributed by atoms with E-state index in [1.165, 1.54) is 12.1 Å². The van der Waals surface area contributed by atoms with Crippen LogP contribution < -0.4 is 19.1 Å². The molecule has 0 aromatic heterocycles. The maximum absolute atomic E-state index is 13.4. The van der Waals surface area contributed by atoms with Crippen LogP contribution in [0.15, 0.2) is 54.6 Å². The summed E-state index contributed by atoms with van der Waals surface area (Å²) < 4.78 is 55.2. The minimum absolute atomic E-state index is 0.106. The van der Waals surface area contributed by atoms with Crippen LogP contribution in [0.4, 0.5) is 18.9 Å². The molecule has 1 fully saturated rings. The predicted molar refractivity (Wildman–Crippen MR) is 146 cm³/mol. The summed E-state index contributed by atoms with van der Waals surface area (Å²) in [5, 5.41) is 0. The zero-order valence-corrected chi connectivity index (χ0v) is 23.0. The van der Waals surface area contributed by atoms with Gasteiger partial charge in [-0.3, -0.25) is 19.4 Å². The molecule has 2 aliphatic heterocycles. The highest BCUT2D eigenvalue weighted by Gasteiger charge is 2.39. The summed E-state index contributed by atoms with van der Waals surface area (Å²) in [6.45, 7) is 3.20. The van der Waals surface area contributed by atoms with Crippen molar-refractivity contribution < 1.29 is 37.0 Å². The quantitative estimate of drug-likeness (QED) is 0.359. The fourth-order valence-electron chi connectivity index (χ4n) is 5.31. The number of imide groups is 1. The molecule has 1 saturated heterocycles. The number of piperazine rings is 1. The predicted octanol–water partition coefficient (Wildman–Crippen LogP) is 4.85. The van der Waals surface area contributed by atoms with E-state index in [2.05, 4.69) is 9.80 Å². The molecule has 0 aliphatic carbocycles. The van der Waals surface area contributed by atoms with Gasteiger partial charge in [-0.1, -0.05) is 18.2 Å². The summed E-state index contributed by atoms with van der Waals surface area (Å²) in [5.74, 6) is 1.00. The highest BCUT2D eigenvalue weighted by Crippen LogP contribution is 2.37. The molecule has 0 atom stereocenters. The minimum atomic E-state index is -4.46. The number of rotatable bonds is 8. The molecule has 0 N–H and O–H groups in total. The van der Waals surface area contributed by atoms with Crippen LogP contribution in [-0.4, -0.2) is 69.1 Å². The molecule has 3 aromatic rings. The summed E-state index contributed by atoms with van der Waals surface area (Å²) in [7, 11) is 4.77. The zero-order chi connectivity index (χ0) is 29.3. The normalized spacial score (nSPS) is 15.8. The van der Waals surface area contributed by atoms with E-state index in [-0.39, 0.29) is 6.54 Å². The number of methoxy groups -OCH3 is 3. The first-order valence-corrected chi connectivity index (χ1v) is 13.1. The van der Waals surface area contributed by atoms with Gasteiger partial charge in [0.2, 0.25) is 0 Å². The molecule has 0 radical (unpaired) electrons. The van der Waals surface area contributed by atoms with Crippen LogP contribution in [-0.2, 0) is 19.3 Å². The highest BCUT2D eigenvalue weighted by atomic mass is 19.4. The van der Waals surface area contributed by atoms with Crippen LogP contribution in [0.1, 0.15) is 37.4 Å². The van der Waals surface area contributed by atoms with Gasteiger partial charge in [0.25, 0.3) is 11.8 Å². The lowest BCUT2D eigenvalue weighted by molar-refractivity contribution is -0.137. The molecule has 5 rings (SSSR count). The van der Waals surface area contributed by atoms with Crippen molar-refractivity contribution in [3.63, 3.8) is 0 Å². The molecular weight excluding hydrogens is 539 g/mol. The van der Waals surface area contributed by atoms with E-state index in [1.54, 1.807) is 39.5 Å². The van der Waals surface area contributed by atoms with Gasteiger partial charge >= 0.3 is 6.18 Å². The minimum Gasteiger partial charge on any atom is -0.496 e. The fourth-order valence-corrected chi connectivity index (χ4v) is 5.31. The second kappa shape index (κ2) is 11.3. The third-order valence-corrected chi connectivity index (χ3v) is 7.49. The van der Waals surface area contributed by atoms with Gasteiger partial charge in [-0.15, -0.1) is 0 Å². The van der Waals surface area contributed by atoms with Crippen molar-refractivity contribution in [1.29, 1.82) is 0 Å². The van der Waals surface area contributed by atoms with Crippen molar-refractivity contribution in [3.8, 4) is 17.2 Å². The van der Waals surface area contributed by atoms with E-state index in [0.717, 1.165) is 22.6 Å². The van der Waals surface area contributed by atoms with E-state index in [1.807, 2.05) is 12.1 Å². The molecule has 11 heteroatoms. The Balaban J connectivity index is 1.29. The first kappa shape index (κ1) is 28.3. The van der Waals surface area contributed by atoms with Crippen molar-refractivity contribution in [1.82, 2.24) is 9.80 Å². The van der Waals surface area contributed by atoms with Crippen molar-refractivity contribution in [2.75, 3.05) is 52.4 Å². The van der Waals surface area contributed by atoms with Crippen LogP contribution in [0.25, 0.3) is 0 Å². The summed E-state index contributed by atoms with van der Waals surface area (Å²) in [4.78, 5) is 32.1. The van der Waals surface area contributed by atoms with Gasteiger partial charge in [-0.25, -0.2) is 0 Å². The number of benzene rings is 3. The number of carbonyl (C=O) groups is 2. The maximum atomic E-state index is 13.4. The summed E-state index contributed by atoms with van der Waals surface area (Å²) in [5.41, 5.74) is 1.93. The van der Waals surface area contributed by atoms with E-state index in [4.69, 9.17) is 14.2 Å². The molecule has 8 nitrogen and oxygen atoms in total. The standard InChI is InChI=1S/C30H30F3N3O5/c1-39-24-16-26(41-3)25(40-2)15-20(24)18-34-11-13-35(14-12-34)23-6-4-5-22-27(23)29(38)36(28(22)37)17-19-7-9-21(10-8-19)30(31,32)33/h4-10,15-16H,11-14,17-18H2,1-3H3. The lowest BCUT2D eigenvalue weighted by Crippen LogP contribution is -2.46. The average molecular weight is 570 g/mol. The Kier molecular flexibility index (Phi) is 7.81. The fraction of sp³-hybridized carbons (Fsp3) is 0.333.